The van der Waals surface area contributed by atoms with Gasteiger partial charge >= 0.3 is 0 Å². The van der Waals surface area contributed by atoms with Gasteiger partial charge in [-0.25, -0.2) is 0 Å². The smallest absolute Gasteiger partial charge is 0.0224 e. The van der Waals surface area contributed by atoms with Crippen molar-refractivity contribution in [3.63, 3.8) is 0 Å². The minimum Gasteiger partial charge on any atom is -0.308 e. The number of benzene rings is 6. The van der Waals surface area contributed by atoms with Crippen LogP contribution in [0.2, 0.25) is 0 Å². The van der Waals surface area contributed by atoms with E-state index in [1.807, 2.05) is 0 Å². The monoisotopic (exact) mass is 877 g/mol. The summed E-state index contributed by atoms with van der Waals surface area (Å²) < 4.78 is 0. The van der Waals surface area contributed by atoms with Crippen LogP contribution in [0.25, 0.3) is 33.4 Å². The van der Waals surface area contributed by atoms with Crippen molar-refractivity contribution < 1.29 is 0 Å². The van der Waals surface area contributed by atoms with E-state index in [2.05, 4.69) is 177 Å². The van der Waals surface area contributed by atoms with Crippen molar-refractivity contribution in [1.29, 1.82) is 0 Å². The van der Waals surface area contributed by atoms with Gasteiger partial charge in [0.15, 0.2) is 0 Å². The highest BCUT2D eigenvalue weighted by Crippen LogP contribution is 2.27. The number of rotatable bonds is 0. The highest BCUT2D eigenvalue weighted by Gasteiger charge is 2.27. The molecule has 15 aliphatic rings. The number of hydrogen-bond donors (Lipinski definition) is 6. The number of nitrogens with one attached hydrogen (secondary N) is 6. The summed E-state index contributed by atoms with van der Waals surface area (Å²) in [5, 5.41) is 23.7. The molecule has 6 aromatic rings. The molecule has 12 heterocycles. The summed E-state index contributed by atoms with van der Waals surface area (Å²) in [4.78, 5) is 0. The second-order valence-corrected chi connectivity index (χ2v) is 20.0. The van der Waals surface area contributed by atoms with E-state index in [1.165, 1.54) is 144 Å². The molecule has 0 saturated heterocycles. The molecule has 12 aliphatic heterocycles. The molecule has 0 amide bonds. The van der Waals surface area contributed by atoms with Crippen molar-refractivity contribution >= 4 is 0 Å². The van der Waals surface area contributed by atoms with Crippen LogP contribution >= 0.6 is 0 Å². The summed E-state index contributed by atoms with van der Waals surface area (Å²) in [6.07, 6.45) is 15.1. The lowest BCUT2D eigenvalue weighted by Gasteiger charge is -2.33. The van der Waals surface area contributed by atoms with E-state index >= 15 is 0 Å². The molecule has 21 rings (SSSR count). The molecule has 0 unspecified atom stereocenters. The van der Waals surface area contributed by atoms with Crippen LogP contribution in [0.4, 0.5) is 0 Å². The molecule has 12 bridgehead atoms. The molecule has 6 heteroatoms. The maximum Gasteiger partial charge on any atom is 0.0224 e. The Hall–Kier alpha value is -4.92. The van der Waals surface area contributed by atoms with Crippen LogP contribution in [-0.2, 0) is 39.3 Å². The molecule has 6 aromatic carbocycles. The Labute approximate surface area is 395 Å². The van der Waals surface area contributed by atoms with Gasteiger partial charge in [-0.3, -0.25) is 0 Å². The van der Waals surface area contributed by atoms with E-state index in [-0.39, 0.29) is 0 Å². The fourth-order valence-electron chi connectivity index (χ4n) is 11.2. The summed E-state index contributed by atoms with van der Waals surface area (Å²) >= 11 is 0. The highest BCUT2D eigenvalue weighted by molar-refractivity contribution is 5.66. The zero-order chi connectivity index (χ0) is 44.3. The summed E-state index contributed by atoms with van der Waals surface area (Å²) in [6, 6.07) is 58.1. The first kappa shape index (κ1) is 44.9. The maximum atomic E-state index is 3.95. The van der Waals surface area contributed by atoms with Crippen LogP contribution in [-0.4, -0.2) is 36.3 Å². The van der Waals surface area contributed by atoms with Crippen molar-refractivity contribution in [2.75, 3.05) is 0 Å². The minimum absolute atomic E-state index is 0.478. The minimum atomic E-state index is 0.478. The third kappa shape index (κ3) is 11.8. The molecule has 3 aliphatic carbocycles. The van der Waals surface area contributed by atoms with Gasteiger partial charge in [-0.2, -0.15) is 0 Å². The summed E-state index contributed by atoms with van der Waals surface area (Å²) in [5.41, 5.74) is 15.7. The second kappa shape index (κ2) is 22.3. The Balaban J connectivity index is 0.818. The standard InChI is InChI=1S/C60H72N6/c1-2-8-56-55(7-1)61-37-43-13-25-49(26-14-43)51-29-17-45(18-30-51)39-63-57-9-3-4-10-58(57)65-41-47-21-33-53(34-22-47)54-35-23-48(24-36-54)42-66-60-12-6-5-11-59(60)64-40-46-19-31-52(32-20-46)50-27-15-44(16-28-50)38-62-56/h13-36,55-66H,1-12,37-42H2/t55-,56-,57-,58-,59+,60+/m1/s1. The normalized spacial score (nSPS) is 24.7. The molecule has 6 nitrogen and oxygen atoms in total. The lowest BCUT2D eigenvalue weighted by atomic mass is 9.89. The Kier molecular flexibility index (Phi) is 15.1. The first-order valence-electron chi connectivity index (χ1n) is 25.6. The third-order valence-corrected chi connectivity index (χ3v) is 15.4. The lowest BCUT2D eigenvalue weighted by Crippen LogP contribution is -2.49. The van der Waals surface area contributed by atoms with Crippen LogP contribution in [0, 0.1) is 0 Å². The topological polar surface area (TPSA) is 72.2 Å². The van der Waals surface area contributed by atoms with E-state index in [4.69, 9.17) is 0 Å². The van der Waals surface area contributed by atoms with Gasteiger partial charge in [-0.05, 0) is 105 Å². The Morgan fingerprint density at radius 3 is 0.470 bits per heavy atom. The molecule has 66 heavy (non-hydrogen) atoms. The van der Waals surface area contributed by atoms with Gasteiger partial charge in [-0.1, -0.05) is 184 Å². The van der Waals surface area contributed by atoms with Gasteiger partial charge in [-0.15, -0.1) is 0 Å². The van der Waals surface area contributed by atoms with Gasteiger partial charge in [0.2, 0.25) is 0 Å². The number of hydrogen-bond acceptors (Lipinski definition) is 6. The predicted octanol–water partition coefficient (Wildman–Crippen LogP) is 11.6. The van der Waals surface area contributed by atoms with E-state index in [1.54, 1.807) is 0 Å². The molecule has 0 radical (unpaired) electrons. The molecular weight excluding hydrogens is 805 g/mol. The van der Waals surface area contributed by atoms with Crippen molar-refractivity contribution in [2.24, 2.45) is 0 Å². The summed E-state index contributed by atoms with van der Waals surface area (Å²) in [5.74, 6) is 0. The Morgan fingerprint density at radius 2 is 0.333 bits per heavy atom. The molecule has 6 N–H and O–H groups in total. The second-order valence-electron chi connectivity index (χ2n) is 20.0. The van der Waals surface area contributed by atoms with Gasteiger partial charge in [0.25, 0.3) is 0 Å². The molecule has 6 atom stereocenters. The van der Waals surface area contributed by atoms with Gasteiger partial charge in [0.1, 0.15) is 0 Å². The van der Waals surface area contributed by atoms with E-state index in [9.17, 15) is 0 Å². The zero-order valence-corrected chi connectivity index (χ0v) is 39.0. The molecule has 0 spiro atoms. The summed E-state index contributed by atoms with van der Waals surface area (Å²) in [7, 11) is 0. The first-order chi connectivity index (χ1) is 32.6. The van der Waals surface area contributed by atoms with Gasteiger partial charge < -0.3 is 31.9 Å². The van der Waals surface area contributed by atoms with Crippen molar-refractivity contribution in [3.05, 3.63) is 179 Å². The molecule has 3 fully saturated rings. The average Bonchev–Trinajstić information content (AvgIpc) is 3.38. The average molecular weight is 877 g/mol. The van der Waals surface area contributed by atoms with Crippen LogP contribution < -0.4 is 31.9 Å². The first-order valence-corrected chi connectivity index (χ1v) is 25.6. The van der Waals surface area contributed by atoms with Crippen LogP contribution in [0.15, 0.2) is 146 Å². The fourth-order valence-corrected chi connectivity index (χ4v) is 11.2. The van der Waals surface area contributed by atoms with Crippen LogP contribution in [0.1, 0.15) is 110 Å². The van der Waals surface area contributed by atoms with Gasteiger partial charge in [0, 0.05) is 75.5 Å². The molecule has 3 saturated carbocycles. The molecular formula is C60H72N6. The van der Waals surface area contributed by atoms with E-state index in [0.29, 0.717) is 36.3 Å². The third-order valence-electron chi connectivity index (χ3n) is 15.4. The predicted molar refractivity (Wildman–Crippen MR) is 275 cm³/mol. The van der Waals surface area contributed by atoms with E-state index < -0.39 is 0 Å². The van der Waals surface area contributed by atoms with Crippen molar-refractivity contribution in [1.82, 2.24) is 31.9 Å². The largest absolute Gasteiger partial charge is 0.308 e. The van der Waals surface area contributed by atoms with Crippen molar-refractivity contribution in [3.8, 4) is 33.4 Å². The quantitative estimate of drug-likeness (QED) is 0.0914. The van der Waals surface area contributed by atoms with Crippen molar-refractivity contribution in [2.45, 2.75) is 153 Å². The maximum absolute atomic E-state index is 3.95. The molecule has 342 valence electrons. The van der Waals surface area contributed by atoms with Crippen LogP contribution in [0.5, 0.6) is 0 Å². The van der Waals surface area contributed by atoms with Crippen LogP contribution in [0.3, 0.4) is 0 Å². The zero-order valence-electron chi connectivity index (χ0n) is 39.0. The highest BCUT2D eigenvalue weighted by atomic mass is 15.0. The van der Waals surface area contributed by atoms with E-state index in [0.717, 1.165) is 39.3 Å². The lowest BCUT2D eigenvalue weighted by molar-refractivity contribution is 0.281. The van der Waals surface area contributed by atoms with Gasteiger partial charge in [0.05, 0.1) is 0 Å². The SMILES string of the molecule is c1cc2ccc1CN[C@H]1CCCC[C@@H]1NCc1ccc(cc1)-c1ccc(cc1)CN[C@@H]1CCCC[C@H]1NCc1ccc(cc1)-c1ccc(cc1)CN[C@@H]1CCCC[C@H]1NCc1ccc-2cc1. The fraction of sp³-hybridized carbons (Fsp3) is 0.400. The molecule has 0 aromatic heterocycles. The summed E-state index contributed by atoms with van der Waals surface area (Å²) in [6.45, 7) is 5.38. The Morgan fingerprint density at radius 1 is 0.197 bits per heavy atom. The Bertz CT molecular complexity index is 1950.